The Bertz CT molecular complexity index is 1000. The lowest BCUT2D eigenvalue weighted by molar-refractivity contribution is 0.508. The number of rotatable bonds is 6. The van der Waals surface area contributed by atoms with Crippen LogP contribution in [0.1, 0.15) is 56.5 Å². The molecule has 4 nitrogen and oxygen atoms in total. The van der Waals surface area contributed by atoms with Crippen LogP contribution in [-0.2, 0) is 6.42 Å². The number of hydrogen-bond donors (Lipinski definition) is 0. The molecular weight excluding hydrogens is 368 g/mol. The molecule has 5 heteroatoms. The summed E-state index contributed by atoms with van der Waals surface area (Å²) in [7, 11) is 0. The van der Waals surface area contributed by atoms with Crippen LogP contribution in [0.3, 0.4) is 0 Å². The summed E-state index contributed by atoms with van der Waals surface area (Å²) in [6.45, 7) is 9.81. The minimum absolute atomic E-state index is 0.564. The van der Waals surface area contributed by atoms with E-state index in [0.717, 1.165) is 46.2 Å². The third-order valence-corrected chi connectivity index (χ3v) is 6.25. The van der Waals surface area contributed by atoms with Crippen LogP contribution in [0.2, 0.25) is 5.02 Å². The van der Waals surface area contributed by atoms with Crippen molar-refractivity contribution in [2.75, 3.05) is 11.4 Å². The van der Waals surface area contributed by atoms with Crippen LogP contribution in [0.25, 0.3) is 16.8 Å². The summed E-state index contributed by atoms with van der Waals surface area (Å²) in [6, 6.07) is 8.55. The Labute approximate surface area is 172 Å². The summed E-state index contributed by atoms with van der Waals surface area (Å²) < 4.78 is 2.08. The summed E-state index contributed by atoms with van der Waals surface area (Å²) in [5, 5.41) is 5.69. The van der Waals surface area contributed by atoms with Crippen LogP contribution in [-0.4, -0.2) is 27.2 Å². The lowest BCUT2D eigenvalue weighted by Crippen LogP contribution is -2.35. The highest BCUT2D eigenvalue weighted by molar-refractivity contribution is 6.33. The Morgan fingerprint density at radius 1 is 1.07 bits per heavy atom. The van der Waals surface area contributed by atoms with Crippen molar-refractivity contribution >= 4 is 23.1 Å². The highest BCUT2D eigenvalue weighted by atomic mass is 35.5. The van der Waals surface area contributed by atoms with Gasteiger partial charge in [0, 0.05) is 34.4 Å². The molecule has 28 heavy (non-hydrogen) atoms. The number of anilines is 1. The van der Waals surface area contributed by atoms with E-state index < -0.39 is 0 Å². The van der Waals surface area contributed by atoms with Crippen molar-refractivity contribution < 1.29 is 0 Å². The molecule has 1 aliphatic heterocycles. The van der Waals surface area contributed by atoms with Gasteiger partial charge < -0.3 is 4.90 Å². The van der Waals surface area contributed by atoms with Gasteiger partial charge in [-0.05, 0) is 39.2 Å². The zero-order chi connectivity index (χ0) is 19.8. The number of aromatic nitrogens is 3. The largest absolute Gasteiger partial charge is 0.353 e. The summed E-state index contributed by atoms with van der Waals surface area (Å²) in [6.07, 6.45) is 5.88. The smallest absolute Gasteiger partial charge is 0.165 e. The average Bonchev–Trinajstić information content (AvgIpc) is 3.24. The van der Waals surface area contributed by atoms with Gasteiger partial charge in [0.2, 0.25) is 0 Å². The van der Waals surface area contributed by atoms with E-state index in [4.69, 9.17) is 21.7 Å². The third kappa shape index (κ3) is 3.08. The van der Waals surface area contributed by atoms with Gasteiger partial charge in [-0.25, -0.2) is 4.98 Å². The van der Waals surface area contributed by atoms with E-state index in [-0.39, 0.29) is 0 Å². The number of halogens is 1. The van der Waals surface area contributed by atoms with Gasteiger partial charge >= 0.3 is 0 Å². The first-order valence-electron chi connectivity index (χ1n) is 10.5. The predicted molar refractivity (Wildman–Crippen MR) is 118 cm³/mol. The van der Waals surface area contributed by atoms with E-state index in [0.29, 0.717) is 6.04 Å². The van der Waals surface area contributed by atoms with Gasteiger partial charge in [-0.2, -0.15) is 9.61 Å². The zero-order valence-electron chi connectivity index (χ0n) is 17.3. The van der Waals surface area contributed by atoms with Crippen LogP contribution in [0.15, 0.2) is 24.3 Å². The SMILES string of the molecule is CCCC(CCC)N1CCc2c(C)nc3c(-c4ccccc4Cl)c(C)nn3c21. The Morgan fingerprint density at radius 3 is 2.46 bits per heavy atom. The van der Waals surface area contributed by atoms with Crippen molar-refractivity contribution in [3.8, 4) is 11.1 Å². The molecule has 1 aromatic carbocycles. The van der Waals surface area contributed by atoms with Crippen LogP contribution in [0, 0.1) is 13.8 Å². The van der Waals surface area contributed by atoms with E-state index in [2.05, 4.69) is 43.2 Å². The molecule has 3 heterocycles. The van der Waals surface area contributed by atoms with E-state index in [1.165, 1.54) is 37.1 Å². The number of benzene rings is 1. The fourth-order valence-corrected chi connectivity index (χ4v) is 4.90. The topological polar surface area (TPSA) is 33.4 Å². The van der Waals surface area contributed by atoms with Crippen LogP contribution >= 0.6 is 11.6 Å². The summed E-state index contributed by atoms with van der Waals surface area (Å²) in [4.78, 5) is 7.58. The van der Waals surface area contributed by atoms with Gasteiger partial charge in [0.15, 0.2) is 5.65 Å². The van der Waals surface area contributed by atoms with E-state index in [1.54, 1.807) is 0 Å². The van der Waals surface area contributed by atoms with Crippen molar-refractivity contribution in [1.82, 2.24) is 14.6 Å². The molecule has 2 aromatic heterocycles. The quantitative estimate of drug-likeness (QED) is 0.512. The molecule has 0 spiro atoms. The highest BCUT2D eigenvalue weighted by Gasteiger charge is 2.31. The Morgan fingerprint density at radius 2 is 1.79 bits per heavy atom. The highest BCUT2D eigenvalue weighted by Crippen LogP contribution is 2.39. The van der Waals surface area contributed by atoms with E-state index >= 15 is 0 Å². The Balaban J connectivity index is 1.94. The van der Waals surface area contributed by atoms with Gasteiger partial charge in [-0.1, -0.05) is 56.5 Å². The lowest BCUT2D eigenvalue weighted by Gasteiger charge is -2.30. The van der Waals surface area contributed by atoms with E-state index in [1.807, 2.05) is 18.2 Å². The summed E-state index contributed by atoms with van der Waals surface area (Å²) in [5.74, 6) is 1.25. The maximum absolute atomic E-state index is 6.53. The summed E-state index contributed by atoms with van der Waals surface area (Å²) >= 11 is 6.53. The molecule has 0 saturated heterocycles. The molecule has 0 saturated carbocycles. The average molecular weight is 397 g/mol. The number of nitrogens with zero attached hydrogens (tertiary/aromatic N) is 4. The van der Waals surface area contributed by atoms with Gasteiger partial charge in [0.25, 0.3) is 0 Å². The van der Waals surface area contributed by atoms with Gasteiger partial charge in [-0.3, -0.25) is 0 Å². The summed E-state index contributed by atoms with van der Waals surface area (Å²) in [5.41, 5.74) is 6.41. The van der Waals surface area contributed by atoms with Crippen molar-refractivity contribution in [3.63, 3.8) is 0 Å². The number of hydrogen-bond acceptors (Lipinski definition) is 3. The Hall–Kier alpha value is -2.07. The van der Waals surface area contributed by atoms with Crippen molar-refractivity contribution in [2.24, 2.45) is 0 Å². The first kappa shape index (κ1) is 19.3. The molecule has 148 valence electrons. The molecule has 0 unspecified atom stereocenters. The molecule has 1 aliphatic rings. The van der Waals surface area contributed by atoms with Gasteiger partial charge in [0.1, 0.15) is 5.82 Å². The zero-order valence-corrected chi connectivity index (χ0v) is 18.1. The number of fused-ring (bicyclic) bond motifs is 3. The molecule has 0 bridgehead atoms. The van der Waals surface area contributed by atoms with Crippen LogP contribution < -0.4 is 4.90 Å². The molecule has 4 rings (SSSR count). The van der Waals surface area contributed by atoms with Crippen molar-refractivity contribution in [2.45, 2.75) is 65.8 Å². The third-order valence-electron chi connectivity index (χ3n) is 5.92. The fraction of sp³-hybridized carbons (Fsp3) is 0.478. The molecule has 0 aliphatic carbocycles. The predicted octanol–water partition coefficient (Wildman–Crippen LogP) is 6.00. The molecule has 0 fully saturated rings. The molecular formula is C23H29ClN4. The fourth-order valence-electron chi connectivity index (χ4n) is 4.67. The standard InChI is InChI=1S/C23H29ClN4/c1-5-9-17(10-6-2)27-14-13-18-15(3)25-22-21(16(4)26-28(22)23(18)27)19-11-7-8-12-20(19)24/h7-8,11-12,17H,5-6,9-10,13-14H2,1-4H3. The first-order valence-corrected chi connectivity index (χ1v) is 10.8. The molecule has 0 amide bonds. The molecule has 3 aromatic rings. The number of aryl methyl sites for hydroxylation is 2. The first-order chi connectivity index (χ1) is 13.6. The molecule has 0 N–H and O–H groups in total. The lowest BCUT2D eigenvalue weighted by atomic mass is 10.1. The molecule has 0 radical (unpaired) electrons. The second-order valence-corrected chi connectivity index (χ2v) is 8.26. The second-order valence-electron chi connectivity index (χ2n) is 7.85. The normalized spacial score (nSPS) is 13.7. The maximum atomic E-state index is 6.53. The monoisotopic (exact) mass is 396 g/mol. The van der Waals surface area contributed by atoms with Crippen LogP contribution in [0.4, 0.5) is 5.82 Å². The Kier molecular flexibility index (Phi) is 5.33. The second kappa shape index (κ2) is 7.75. The molecule has 0 atom stereocenters. The van der Waals surface area contributed by atoms with Crippen molar-refractivity contribution in [3.05, 3.63) is 46.2 Å². The van der Waals surface area contributed by atoms with Gasteiger partial charge in [0.05, 0.1) is 11.3 Å². The maximum Gasteiger partial charge on any atom is 0.165 e. The minimum atomic E-state index is 0.564. The van der Waals surface area contributed by atoms with Crippen molar-refractivity contribution in [1.29, 1.82) is 0 Å². The van der Waals surface area contributed by atoms with Gasteiger partial charge in [-0.15, -0.1) is 0 Å². The minimum Gasteiger partial charge on any atom is -0.353 e. The van der Waals surface area contributed by atoms with Crippen LogP contribution in [0.5, 0.6) is 0 Å². The van der Waals surface area contributed by atoms with E-state index in [9.17, 15) is 0 Å².